The van der Waals surface area contributed by atoms with Crippen LogP contribution >= 0.6 is 11.3 Å². The van der Waals surface area contributed by atoms with Crippen LogP contribution in [0.4, 0.5) is 14.7 Å². The van der Waals surface area contributed by atoms with E-state index < -0.39 is 11.8 Å². The molecule has 0 amide bonds. The van der Waals surface area contributed by atoms with Gasteiger partial charge in [0.25, 0.3) is 0 Å². The summed E-state index contributed by atoms with van der Waals surface area (Å²) in [6.07, 6.45) is 8.53. The van der Waals surface area contributed by atoms with Gasteiger partial charge in [0.15, 0.2) is 5.82 Å². The number of aromatic nitrogens is 6. The Morgan fingerprint density at radius 2 is 1.95 bits per heavy atom. The first-order chi connectivity index (χ1) is 19.0. The van der Waals surface area contributed by atoms with Crippen molar-refractivity contribution in [1.82, 2.24) is 34.8 Å². The first kappa shape index (κ1) is 25.4. The largest absolute Gasteiger partial charge is 0.352 e. The van der Waals surface area contributed by atoms with E-state index in [0.29, 0.717) is 30.5 Å². The molecule has 0 aliphatic carbocycles. The number of pyridine rings is 1. The number of fused-ring (bicyclic) bond motifs is 1. The van der Waals surface area contributed by atoms with E-state index in [0.717, 1.165) is 58.6 Å². The summed E-state index contributed by atoms with van der Waals surface area (Å²) in [7, 11) is 0. The maximum atomic E-state index is 14.9. The second-order valence-electron chi connectivity index (χ2n) is 9.94. The zero-order chi connectivity index (χ0) is 26.8. The number of thiophene rings is 1. The molecule has 4 aromatic heterocycles. The number of hydrogen-bond acceptors (Lipinski definition) is 8. The number of rotatable bonds is 8. The number of piperidine rings is 1. The van der Waals surface area contributed by atoms with Crippen LogP contribution in [0.3, 0.4) is 0 Å². The van der Waals surface area contributed by atoms with Crippen LogP contribution in [-0.4, -0.2) is 54.5 Å². The van der Waals surface area contributed by atoms with Crippen molar-refractivity contribution < 1.29 is 8.78 Å². The fraction of sp³-hybridized carbons (Fsp3) is 0.321. The van der Waals surface area contributed by atoms with Gasteiger partial charge in [-0.2, -0.15) is 4.39 Å². The Morgan fingerprint density at radius 3 is 2.77 bits per heavy atom. The molecule has 0 spiro atoms. The highest BCUT2D eigenvalue weighted by Gasteiger charge is 2.20. The molecule has 200 valence electrons. The Kier molecular flexibility index (Phi) is 7.25. The predicted molar refractivity (Wildman–Crippen MR) is 148 cm³/mol. The van der Waals surface area contributed by atoms with E-state index >= 15 is 0 Å². The summed E-state index contributed by atoms with van der Waals surface area (Å²) in [5.41, 5.74) is 2.94. The molecule has 5 aromatic rings. The molecule has 1 aromatic carbocycles. The van der Waals surface area contributed by atoms with Gasteiger partial charge in [-0.15, -0.1) is 16.4 Å². The summed E-state index contributed by atoms with van der Waals surface area (Å²) in [6.45, 7) is 6.13. The van der Waals surface area contributed by atoms with Crippen LogP contribution in [0.1, 0.15) is 25.3 Å². The monoisotopic (exact) mass is 546 g/mol. The topological polar surface area (TPSA) is 84.7 Å². The highest BCUT2D eigenvalue weighted by molar-refractivity contribution is 7.22. The minimum atomic E-state index is -0.516. The molecule has 1 saturated heterocycles. The molecule has 0 bridgehead atoms. The lowest BCUT2D eigenvalue weighted by Gasteiger charge is -2.30. The number of nitrogens with one attached hydrogen (secondary N) is 1. The van der Waals surface area contributed by atoms with Crippen LogP contribution in [0.25, 0.3) is 31.8 Å². The second-order valence-corrected chi connectivity index (χ2v) is 11.0. The van der Waals surface area contributed by atoms with Gasteiger partial charge in [-0.1, -0.05) is 30.3 Å². The molecule has 1 aliphatic rings. The Bertz CT molecular complexity index is 1580. The van der Waals surface area contributed by atoms with Gasteiger partial charge in [0, 0.05) is 41.8 Å². The molecular weight excluding hydrogens is 518 g/mol. The van der Waals surface area contributed by atoms with Crippen molar-refractivity contribution in [1.29, 1.82) is 0 Å². The quantitative estimate of drug-likeness (QED) is 0.252. The van der Waals surface area contributed by atoms with E-state index in [9.17, 15) is 8.78 Å². The lowest BCUT2D eigenvalue weighted by atomic mass is 9.97. The first-order valence-electron chi connectivity index (χ1n) is 13.0. The molecule has 0 atom stereocenters. The summed E-state index contributed by atoms with van der Waals surface area (Å²) in [6, 6.07) is 9.37. The van der Waals surface area contributed by atoms with E-state index in [1.807, 2.05) is 24.3 Å². The third-order valence-corrected chi connectivity index (χ3v) is 8.32. The summed E-state index contributed by atoms with van der Waals surface area (Å²) in [5.74, 6) is 0.0497. The van der Waals surface area contributed by atoms with Crippen molar-refractivity contribution in [2.75, 3.05) is 25.0 Å². The van der Waals surface area contributed by atoms with Crippen molar-refractivity contribution in [3.05, 3.63) is 72.4 Å². The summed E-state index contributed by atoms with van der Waals surface area (Å²) >= 11 is 1.44. The molecule has 39 heavy (non-hydrogen) atoms. The number of anilines is 1. The Hall–Kier alpha value is -3.83. The minimum Gasteiger partial charge on any atom is -0.352 e. The van der Waals surface area contributed by atoms with Crippen molar-refractivity contribution in [3.63, 3.8) is 0 Å². The fourth-order valence-corrected chi connectivity index (χ4v) is 6.13. The standard InChI is InChI=1S/C28H28F2N8S/c1-18-5-9-37(10-6-18)17-20-15-32-25(30)14-22(20)21-4-2-3-19-13-24(39-27(19)21)26-23(29)16-33-28(35-26)31-7-11-38-12-8-34-36-38/h2-4,8,12-16,18H,5-7,9-11,17H2,1H3,(H,31,33,35). The van der Waals surface area contributed by atoms with Crippen molar-refractivity contribution in [2.24, 2.45) is 5.92 Å². The van der Waals surface area contributed by atoms with Crippen LogP contribution in [0.15, 0.2) is 55.1 Å². The maximum absolute atomic E-state index is 14.9. The maximum Gasteiger partial charge on any atom is 0.223 e. The lowest BCUT2D eigenvalue weighted by Crippen LogP contribution is -2.32. The van der Waals surface area contributed by atoms with Crippen molar-refractivity contribution >= 4 is 27.4 Å². The van der Waals surface area contributed by atoms with Crippen LogP contribution in [0.2, 0.25) is 0 Å². The molecule has 1 aliphatic heterocycles. The van der Waals surface area contributed by atoms with Gasteiger partial charge in [-0.05, 0) is 54.4 Å². The van der Waals surface area contributed by atoms with Crippen LogP contribution in [0.5, 0.6) is 0 Å². The third-order valence-electron chi connectivity index (χ3n) is 7.13. The van der Waals surface area contributed by atoms with Crippen LogP contribution in [-0.2, 0) is 13.1 Å². The number of nitrogens with zero attached hydrogens (tertiary/aromatic N) is 7. The van der Waals surface area contributed by atoms with Crippen LogP contribution < -0.4 is 5.32 Å². The number of hydrogen-bond donors (Lipinski definition) is 1. The van der Waals surface area contributed by atoms with E-state index in [1.165, 1.54) is 23.6 Å². The van der Waals surface area contributed by atoms with E-state index in [4.69, 9.17) is 0 Å². The molecule has 0 unspecified atom stereocenters. The summed E-state index contributed by atoms with van der Waals surface area (Å²) in [4.78, 5) is 15.6. The molecule has 0 saturated carbocycles. The van der Waals surface area contributed by atoms with E-state index in [-0.39, 0.29) is 5.69 Å². The zero-order valence-corrected chi connectivity index (χ0v) is 22.3. The number of benzene rings is 1. The van der Waals surface area contributed by atoms with Gasteiger partial charge in [0.1, 0.15) is 5.69 Å². The molecule has 0 radical (unpaired) electrons. The summed E-state index contributed by atoms with van der Waals surface area (Å²) in [5, 5.41) is 11.8. The molecular formula is C28H28F2N8S. The van der Waals surface area contributed by atoms with Crippen molar-refractivity contribution in [3.8, 4) is 21.7 Å². The molecule has 1 fully saturated rings. The van der Waals surface area contributed by atoms with Gasteiger partial charge in [-0.25, -0.2) is 19.3 Å². The SMILES string of the molecule is CC1CCN(Cc2cnc(F)cc2-c2cccc3cc(-c4nc(NCCn5ccnn5)ncc4F)sc23)CC1. The summed E-state index contributed by atoms with van der Waals surface area (Å²) < 4.78 is 32.0. The zero-order valence-electron chi connectivity index (χ0n) is 21.5. The van der Waals surface area contributed by atoms with Gasteiger partial charge in [-0.3, -0.25) is 9.58 Å². The molecule has 5 heterocycles. The highest BCUT2D eigenvalue weighted by Crippen LogP contribution is 2.40. The van der Waals surface area contributed by atoms with Gasteiger partial charge in [0.05, 0.1) is 23.8 Å². The first-order valence-corrected chi connectivity index (χ1v) is 13.9. The van der Waals surface area contributed by atoms with E-state index in [2.05, 4.69) is 42.4 Å². The smallest absolute Gasteiger partial charge is 0.223 e. The van der Waals surface area contributed by atoms with Gasteiger partial charge in [0.2, 0.25) is 11.9 Å². The van der Waals surface area contributed by atoms with E-state index in [1.54, 1.807) is 23.3 Å². The van der Waals surface area contributed by atoms with Crippen molar-refractivity contribution in [2.45, 2.75) is 32.9 Å². The highest BCUT2D eigenvalue weighted by atomic mass is 32.1. The lowest BCUT2D eigenvalue weighted by molar-refractivity contribution is 0.185. The number of likely N-dealkylation sites (tertiary alicyclic amines) is 1. The second kappa shape index (κ2) is 11.1. The van der Waals surface area contributed by atoms with Gasteiger partial charge < -0.3 is 5.32 Å². The Balaban J connectivity index is 1.31. The Morgan fingerprint density at radius 1 is 1.08 bits per heavy atom. The van der Waals surface area contributed by atoms with Gasteiger partial charge >= 0.3 is 0 Å². The minimum absolute atomic E-state index is 0.226. The predicted octanol–water partition coefficient (Wildman–Crippen LogP) is 5.63. The average molecular weight is 547 g/mol. The third kappa shape index (κ3) is 5.64. The molecule has 11 heteroatoms. The molecule has 6 rings (SSSR count). The Labute approximate surface area is 228 Å². The fourth-order valence-electron chi connectivity index (χ4n) is 4.95. The normalized spacial score (nSPS) is 14.7. The molecule has 1 N–H and O–H groups in total. The average Bonchev–Trinajstić information content (AvgIpc) is 3.62. The van der Waals surface area contributed by atoms with Crippen LogP contribution in [0, 0.1) is 17.7 Å². The number of halogens is 2. The molecule has 8 nitrogen and oxygen atoms in total.